The number of nitrogens with zero attached hydrogens (tertiary/aromatic N) is 1. The first-order valence-corrected chi connectivity index (χ1v) is 8.80. The Morgan fingerprint density at radius 3 is 2.18 bits per heavy atom. The Kier molecular flexibility index (Phi) is 6.59. The zero-order valence-corrected chi connectivity index (χ0v) is 15.4. The summed E-state index contributed by atoms with van der Waals surface area (Å²) in [6.45, 7) is 13.0. The third kappa shape index (κ3) is 5.38. The minimum Gasteiger partial charge on any atom is -0.465 e. The van der Waals surface area contributed by atoms with E-state index in [2.05, 4.69) is 13.8 Å². The van der Waals surface area contributed by atoms with Crippen molar-refractivity contribution >= 4 is 23.8 Å². The average Bonchev–Trinajstić information content (AvgIpc) is 2.36. The first kappa shape index (κ1) is 19.1. The number of rotatable bonds is 4. The number of esters is 1. The van der Waals surface area contributed by atoms with Crippen molar-refractivity contribution in [3.63, 3.8) is 0 Å². The highest BCUT2D eigenvalue weighted by Crippen LogP contribution is 2.40. The molecule has 1 amide bonds. The van der Waals surface area contributed by atoms with Gasteiger partial charge in [0.25, 0.3) is 0 Å². The zero-order chi connectivity index (χ0) is 17.0. The highest BCUT2D eigenvalue weighted by atomic mass is 32.2. The molecular weight excluding hydrogens is 302 g/mol. The highest BCUT2D eigenvalue weighted by molar-refractivity contribution is 8.01. The van der Waals surface area contributed by atoms with Crippen LogP contribution < -0.4 is 0 Å². The maximum atomic E-state index is 12.4. The predicted octanol–water partition coefficient (Wildman–Crippen LogP) is 3.46. The van der Waals surface area contributed by atoms with E-state index in [0.29, 0.717) is 37.8 Å². The van der Waals surface area contributed by atoms with Gasteiger partial charge in [-0.3, -0.25) is 4.79 Å². The van der Waals surface area contributed by atoms with Gasteiger partial charge >= 0.3 is 12.1 Å². The van der Waals surface area contributed by atoms with Crippen molar-refractivity contribution in [2.75, 3.05) is 19.7 Å². The van der Waals surface area contributed by atoms with E-state index in [4.69, 9.17) is 9.47 Å². The van der Waals surface area contributed by atoms with Crippen molar-refractivity contribution in [3.8, 4) is 0 Å². The molecular formula is C16H29NO4S. The lowest BCUT2D eigenvalue weighted by Crippen LogP contribution is -2.51. The van der Waals surface area contributed by atoms with Crippen LogP contribution in [0.25, 0.3) is 0 Å². The summed E-state index contributed by atoms with van der Waals surface area (Å²) in [6, 6.07) is 0. The number of thioether (sulfide) groups is 1. The maximum absolute atomic E-state index is 12.4. The molecule has 0 unspecified atom stereocenters. The van der Waals surface area contributed by atoms with Crippen molar-refractivity contribution in [3.05, 3.63) is 0 Å². The third-order valence-corrected chi connectivity index (χ3v) is 4.83. The van der Waals surface area contributed by atoms with Crippen LogP contribution in [0.4, 0.5) is 4.79 Å². The SMILES string of the molecule is CCOC(=O)C1(SC(C)C)CCN(C(=O)OC(C)(C)C)CC1. The minimum absolute atomic E-state index is 0.155. The van der Waals surface area contributed by atoms with Crippen LogP contribution >= 0.6 is 11.8 Å². The lowest BCUT2D eigenvalue weighted by atomic mass is 9.96. The molecule has 1 fully saturated rings. The van der Waals surface area contributed by atoms with E-state index in [-0.39, 0.29) is 12.1 Å². The molecule has 1 aliphatic heterocycles. The summed E-state index contributed by atoms with van der Waals surface area (Å²) in [5, 5.41) is 0.331. The highest BCUT2D eigenvalue weighted by Gasteiger charge is 2.45. The average molecular weight is 331 g/mol. The Labute approximate surface area is 138 Å². The van der Waals surface area contributed by atoms with Gasteiger partial charge in [-0.25, -0.2) is 4.79 Å². The zero-order valence-electron chi connectivity index (χ0n) is 14.6. The number of piperidine rings is 1. The molecule has 0 aromatic heterocycles. The van der Waals surface area contributed by atoms with Crippen molar-refractivity contribution in [1.29, 1.82) is 0 Å². The standard InChI is InChI=1S/C16H29NO4S/c1-7-20-13(18)16(22-12(2)3)8-10-17(11-9-16)14(19)21-15(4,5)6/h12H,7-11H2,1-6H3. The van der Waals surface area contributed by atoms with Gasteiger partial charge in [-0.05, 0) is 40.5 Å². The van der Waals surface area contributed by atoms with Crippen LogP contribution in [0.2, 0.25) is 0 Å². The van der Waals surface area contributed by atoms with E-state index < -0.39 is 10.3 Å². The van der Waals surface area contributed by atoms with E-state index in [1.807, 2.05) is 27.7 Å². The number of hydrogen-bond donors (Lipinski definition) is 0. The van der Waals surface area contributed by atoms with Crippen LogP contribution in [0.15, 0.2) is 0 Å². The number of carbonyl (C=O) groups is 2. The summed E-state index contributed by atoms with van der Waals surface area (Å²) in [4.78, 5) is 26.2. The molecule has 6 heteroatoms. The first-order valence-electron chi connectivity index (χ1n) is 7.92. The molecule has 0 radical (unpaired) electrons. The number of ether oxygens (including phenoxy) is 2. The van der Waals surface area contributed by atoms with Gasteiger partial charge in [-0.1, -0.05) is 13.8 Å². The quantitative estimate of drug-likeness (QED) is 0.738. The summed E-state index contributed by atoms with van der Waals surface area (Å²) in [6.07, 6.45) is 0.904. The lowest BCUT2D eigenvalue weighted by Gasteiger charge is -2.40. The van der Waals surface area contributed by atoms with Crippen LogP contribution in [0.1, 0.15) is 54.4 Å². The van der Waals surface area contributed by atoms with Crippen LogP contribution in [-0.2, 0) is 14.3 Å². The fourth-order valence-corrected chi connectivity index (χ4v) is 3.94. The third-order valence-electron chi connectivity index (χ3n) is 3.33. The molecule has 0 atom stereocenters. The normalized spacial score (nSPS) is 18.2. The maximum Gasteiger partial charge on any atom is 0.410 e. The van der Waals surface area contributed by atoms with E-state index in [9.17, 15) is 9.59 Å². The Morgan fingerprint density at radius 1 is 1.23 bits per heavy atom. The van der Waals surface area contributed by atoms with Gasteiger partial charge in [0.1, 0.15) is 10.3 Å². The summed E-state index contributed by atoms with van der Waals surface area (Å²) < 4.78 is 10.1. The van der Waals surface area contributed by atoms with Crippen molar-refractivity contribution in [2.24, 2.45) is 0 Å². The molecule has 0 aliphatic carbocycles. The fraction of sp³-hybridized carbons (Fsp3) is 0.875. The molecule has 1 heterocycles. The molecule has 22 heavy (non-hydrogen) atoms. The van der Waals surface area contributed by atoms with Gasteiger partial charge < -0.3 is 14.4 Å². The molecule has 0 bridgehead atoms. The number of carbonyl (C=O) groups excluding carboxylic acids is 2. The van der Waals surface area contributed by atoms with Crippen LogP contribution in [-0.4, -0.2) is 52.3 Å². The monoisotopic (exact) mass is 331 g/mol. The second-order valence-corrected chi connectivity index (χ2v) is 8.81. The fourth-order valence-electron chi connectivity index (χ4n) is 2.46. The van der Waals surface area contributed by atoms with Crippen molar-refractivity contribution < 1.29 is 19.1 Å². The Morgan fingerprint density at radius 2 is 1.77 bits per heavy atom. The second kappa shape index (κ2) is 7.57. The van der Waals surface area contributed by atoms with E-state index in [0.717, 1.165) is 0 Å². The summed E-state index contributed by atoms with van der Waals surface area (Å²) in [5.74, 6) is -0.155. The predicted molar refractivity (Wildman–Crippen MR) is 89.1 cm³/mol. The summed E-state index contributed by atoms with van der Waals surface area (Å²) >= 11 is 1.64. The van der Waals surface area contributed by atoms with E-state index in [1.165, 1.54) is 0 Å². The smallest absolute Gasteiger partial charge is 0.410 e. The Balaban J connectivity index is 2.72. The van der Waals surface area contributed by atoms with Gasteiger partial charge in [0, 0.05) is 18.3 Å². The molecule has 1 rings (SSSR count). The van der Waals surface area contributed by atoms with E-state index in [1.54, 1.807) is 16.7 Å². The minimum atomic E-state index is -0.539. The van der Waals surface area contributed by atoms with Gasteiger partial charge in [0.2, 0.25) is 0 Å². The van der Waals surface area contributed by atoms with Gasteiger partial charge in [0.15, 0.2) is 0 Å². The number of hydrogen-bond acceptors (Lipinski definition) is 5. The number of amides is 1. The molecule has 1 saturated heterocycles. The summed E-state index contributed by atoms with van der Waals surface area (Å²) in [5.41, 5.74) is -0.501. The van der Waals surface area contributed by atoms with Gasteiger partial charge in [-0.2, -0.15) is 0 Å². The molecule has 0 aromatic rings. The van der Waals surface area contributed by atoms with E-state index >= 15 is 0 Å². The Bertz CT molecular complexity index is 395. The molecule has 0 N–H and O–H groups in total. The second-order valence-electron chi connectivity index (χ2n) is 6.85. The lowest BCUT2D eigenvalue weighted by molar-refractivity contribution is -0.147. The molecule has 0 aromatic carbocycles. The van der Waals surface area contributed by atoms with Crippen LogP contribution in [0.5, 0.6) is 0 Å². The van der Waals surface area contributed by atoms with Crippen molar-refractivity contribution in [2.45, 2.75) is 70.0 Å². The van der Waals surface area contributed by atoms with Gasteiger partial charge in [0.05, 0.1) is 6.61 Å². The largest absolute Gasteiger partial charge is 0.465 e. The van der Waals surface area contributed by atoms with Crippen LogP contribution in [0, 0.1) is 0 Å². The molecule has 1 aliphatic rings. The summed E-state index contributed by atoms with van der Waals surface area (Å²) in [7, 11) is 0. The molecule has 0 spiro atoms. The molecule has 128 valence electrons. The molecule has 0 saturated carbocycles. The van der Waals surface area contributed by atoms with Gasteiger partial charge in [-0.15, -0.1) is 11.8 Å². The first-order chi connectivity index (χ1) is 10.1. The van der Waals surface area contributed by atoms with Crippen LogP contribution in [0.3, 0.4) is 0 Å². The molecule has 5 nitrogen and oxygen atoms in total. The number of likely N-dealkylation sites (tertiary alicyclic amines) is 1. The Hall–Kier alpha value is -0.910. The van der Waals surface area contributed by atoms with Crippen molar-refractivity contribution in [1.82, 2.24) is 4.90 Å². The topological polar surface area (TPSA) is 55.8 Å².